The first-order valence-electron chi connectivity index (χ1n) is 3.69. The quantitative estimate of drug-likeness (QED) is 0.348. The van der Waals surface area contributed by atoms with E-state index in [1.54, 1.807) is 6.08 Å². The van der Waals surface area contributed by atoms with E-state index in [-0.39, 0.29) is 6.04 Å². The minimum atomic E-state index is 0.107. The maximum Gasteiger partial charge on any atom is 0.0814 e. The van der Waals surface area contributed by atoms with Gasteiger partial charge in [-0.15, -0.1) is 6.58 Å². The molecule has 0 heterocycles. The molecule has 0 aromatic carbocycles. The van der Waals surface area contributed by atoms with Gasteiger partial charge in [-0.25, -0.2) is 4.99 Å². The number of hydrogen-bond acceptors (Lipinski definition) is 2. The van der Waals surface area contributed by atoms with Crippen molar-refractivity contribution in [2.24, 2.45) is 4.99 Å². The second-order valence-corrected chi connectivity index (χ2v) is 2.32. The molecule has 1 nitrogen and oxygen atoms in total. The number of thiocarbonyl (C=S) groups is 1. The van der Waals surface area contributed by atoms with E-state index >= 15 is 0 Å². The molecule has 0 N–H and O–H groups in total. The van der Waals surface area contributed by atoms with Crippen molar-refractivity contribution in [3.05, 3.63) is 24.8 Å². The van der Waals surface area contributed by atoms with Crippen molar-refractivity contribution in [3.63, 3.8) is 0 Å². The van der Waals surface area contributed by atoms with Gasteiger partial charge in [0.1, 0.15) is 0 Å². The third kappa shape index (κ3) is 5.71. The summed E-state index contributed by atoms with van der Waals surface area (Å²) in [6, 6.07) is 0.107. The van der Waals surface area contributed by atoms with Crippen LogP contribution in [0, 0.1) is 0 Å². The van der Waals surface area contributed by atoms with E-state index in [4.69, 9.17) is 0 Å². The largest absolute Gasteiger partial charge is 0.225 e. The van der Waals surface area contributed by atoms with Crippen LogP contribution in [0.25, 0.3) is 0 Å². The second-order valence-electron chi connectivity index (χ2n) is 2.14. The lowest BCUT2D eigenvalue weighted by atomic mass is 10.2. The summed E-state index contributed by atoms with van der Waals surface area (Å²) >= 11 is 4.48. The van der Waals surface area contributed by atoms with Gasteiger partial charge in [0.2, 0.25) is 0 Å². The Labute approximate surface area is 73.5 Å². The molecule has 0 aliphatic carbocycles. The van der Waals surface area contributed by atoms with E-state index in [0.29, 0.717) is 0 Å². The zero-order valence-electron chi connectivity index (χ0n) is 6.79. The van der Waals surface area contributed by atoms with Crippen LogP contribution in [0.1, 0.15) is 19.8 Å². The molecule has 11 heavy (non-hydrogen) atoms. The fraction of sp³-hybridized carbons (Fsp3) is 0.444. The number of rotatable bonds is 5. The topological polar surface area (TPSA) is 12.4 Å². The third-order valence-electron chi connectivity index (χ3n) is 1.27. The summed E-state index contributed by atoms with van der Waals surface area (Å²) in [6.07, 6.45) is 7.91. The fourth-order valence-corrected chi connectivity index (χ4v) is 0.807. The van der Waals surface area contributed by atoms with Crippen LogP contribution in [0.4, 0.5) is 0 Å². The monoisotopic (exact) mass is 167 g/mol. The first-order chi connectivity index (χ1) is 5.35. The molecule has 0 aliphatic heterocycles. The smallest absolute Gasteiger partial charge is 0.0814 e. The van der Waals surface area contributed by atoms with Crippen LogP contribution >= 0.6 is 12.2 Å². The van der Waals surface area contributed by atoms with Gasteiger partial charge < -0.3 is 0 Å². The number of aliphatic imine (C=N–C) groups is 1. The number of hydrogen-bond donors (Lipinski definition) is 0. The second kappa shape index (κ2) is 7.39. The minimum absolute atomic E-state index is 0.107. The first kappa shape index (κ1) is 10.3. The molecule has 0 aromatic rings. The predicted octanol–water partition coefficient (Wildman–Crippen LogP) is 3.00. The van der Waals surface area contributed by atoms with Crippen molar-refractivity contribution in [2.45, 2.75) is 25.8 Å². The molecule has 0 bridgehead atoms. The maximum absolute atomic E-state index is 4.48. The minimum Gasteiger partial charge on any atom is -0.225 e. The van der Waals surface area contributed by atoms with Crippen molar-refractivity contribution < 1.29 is 0 Å². The van der Waals surface area contributed by atoms with Gasteiger partial charge in [-0.2, -0.15) is 0 Å². The van der Waals surface area contributed by atoms with Crippen LogP contribution in [-0.4, -0.2) is 11.2 Å². The van der Waals surface area contributed by atoms with Crippen molar-refractivity contribution in [1.82, 2.24) is 0 Å². The third-order valence-corrected chi connectivity index (χ3v) is 1.38. The van der Waals surface area contributed by atoms with Crippen LogP contribution in [0.15, 0.2) is 29.8 Å². The van der Waals surface area contributed by atoms with Gasteiger partial charge in [-0.3, -0.25) is 0 Å². The lowest BCUT2D eigenvalue weighted by molar-refractivity contribution is 0.842. The van der Waals surface area contributed by atoms with Crippen LogP contribution < -0.4 is 0 Å². The molecule has 0 radical (unpaired) electrons. The van der Waals surface area contributed by atoms with E-state index in [1.165, 1.54) is 0 Å². The Morgan fingerprint density at radius 1 is 1.64 bits per heavy atom. The van der Waals surface area contributed by atoms with E-state index < -0.39 is 0 Å². The summed E-state index contributed by atoms with van der Waals surface area (Å²) in [5.74, 6) is 0. The van der Waals surface area contributed by atoms with E-state index in [0.717, 1.165) is 12.8 Å². The Hall–Kier alpha value is -0.720. The zero-order chi connectivity index (χ0) is 8.53. The SMILES string of the molecule is C=CC(CC=CCC)N=C=S. The summed E-state index contributed by atoms with van der Waals surface area (Å²) < 4.78 is 0. The first-order valence-corrected chi connectivity index (χ1v) is 4.10. The van der Waals surface area contributed by atoms with Crippen molar-refractivity contribution in [3.8, 4) is 0 Å². The molecule has 60 valence electrons. The number of isothiocyanates is 1. The van der Waals surface area contributed by atoms with Crippen LogP contribution in [-0.2, 0) is 0 Å². The van der Waals surface area contributed by atoms with Crippen molar-refractivity contribution in [2.75, 3.05) is 0 Å². The van der Waals surface area contributed by atoms with Crippen LogP contribution in [0.5, 0.6) is 0 Å². The van der Waals surface area contributed by atoms with Crippen LogP contribution in [0.3, 0.4) is 0 Å². The molecular weight excluding hydrogens is 154 g/mol. The van der Waals surface area contributed by atoms with E-state index in [9.17, 15) is 0 Å². The molecule has 2 heteroatoms. The summed E-state index contributed by atoms with van der Waals surface area (Å²) in [5, 5.41) is 2.35. The Morgan fingerprint density at radius 2 is 2.36 bits per heavy atom. The molecule has 1 atom stereocenters. The zero-order valence-corrected chi connectivity index (χ0v) is 7.60. The Kier molecular flexibility index (Phi) is 6.90. The number of nitrogens with zero attached hydrogens (tertiary/aromatic N) is 1. The van der Waals surface area contributed by atoms with E-state index in [1.807, 2.05) is 0 Å². The van der Waals surface area contributed by atoms with Crippen LogP contribution in [0.2, 0.25) is 0 Å². The van der Waals surface area contributed by atoms with Crippen molar-refractivity contribution >= 4 is 17.4 Å². The van der Waals surface area contributed by atoms with Gasteiger partial charge in [0, 0.05) is 0 Å². The molecule has 0 saturated heterocycles. The molecule has 0 saturated carbocycles. The molecule has 0 aromatic heterocycles. The molecule has 0 rings (SSSR count). The fourth-order valence-electron chi connectivity index (χ4n) is 0.672. The van der Waals surface area contributed by atoms with Gasteiger partial charge in [-0.1, -0.05) is 25.2 Å². The number of allylic oxidation sites excluding steroid dienone is 1. The molecule has 0 spiro atoms. The normalized spacial score (nSPS) is 12.5. The summed E-state index contributed by atoms with van der Waals surface area (Å²) in [6.45, 7) is 5.74. The van der Waals surface area contributed by atoms with Gasteiger partial charge in [0.05, 0.1) is 11.2 Å². The molecule has 0 amide bonds. The van der Waals surface area contributed by atoms with Gasteiger partial charge in [0.15, 0.2) is 0 Å². The standard InChI is InChI=1S/C9H13NS/c1-3-5-6-7-9(4-2)10-8-11/h4-6,9H,2-3,7H2,1H3. The average molecular weight is 167 g/mol. The maximum atomic E-state index is 4.48. The predicted molar refractivity (Wildman–Crippen MR) is 53.1 cm³/mol. The lowest BCUT2D eigenvalue weighted by Crippen LogP contribution is -1.95. The molecule has 0 aliphatic rings. The highest BCUT2D eigenvalue weighted by atomic mass is 32.1. The van der Waals surface area contributed by atoms with Gasteiger partial charge in [-0.05, 0) is 25.1 Å². The summed E-state index contributed by atoms with van der Waals surface area (Å²) in [4.78, 5) is 3.91. The molecule has 1 unspecified atom stereocenters. The molecule has 0 fully saturated rings. The Morgan fingerprint density at radius 3 is 2.82 bits per heavy atom. The van der Waals surface area contributed by atoms with Gasteiger partial charge >= 0.3 is 0 Å². The molecular formula is C9H13NS. The highest BCUT2D eigenvalue weighted by Gasteiger charge is 1.94. The van der Waals surface area contributed by atoms with Gasteiger partial charge in [0.25, 0.3) is 0 Å². The summed E-state index contributed by atoms with van der Waals surface area (Å²) in [5.41, 5.74) is 0. The summed E-state index contributed by atoms with van der Waals surface area (Å²) in [7, 11) is 0. The van der Waals surface area contributed by atoms with E-state index in [2.05, 4.69) is 48.0 Å². The highest BCUT2D eigenvalue weighted by molar-refractivity contribution is 7.78. The van der Waals surface area contributed by atoms with Crippen molar-refractivity contribution in [1.29, 1.82) is 0 Å². The average Bonchev–Trinajstić information content (AvgIpc) is 2.03. The lowest BCUT2D eigenvalue weighted by Gasteiger charge is -1.98. The Bertz CT molecular complexity index is 178. The Balaban J connectivity index is 3.78. The highest BCUT2D eigenvalue weighted by Crippen LogP contribution is 1.99.